The lowest BCUT2D eigenvalue weighted by atomic mass is 10.3. The van der Waals surface area contributed by atoms with E-state index in [2.05, 4.69) is 31.5 Å². The number of hydrogen-bond acceptors (Lipinski definition) is 2. The van der Waals surface area contributed by atoms with Crippen LogP contribution in [0.5, 0.6) is 0 Å². The molecule has 0 unspecified atom stereocenters. The molecule has 0 atom stereocenters. The van der Waals surface area contributed by atoms with E-state index in [1.807, 2.05) is 0 Å². The van der Waals surface area contributed by atoms with E-state index in [4.69, 9.17) is 0 Å². The van der Waals surface area contributed by atoms with E-state index in [0.717, 1.165) is 5.92 Å². The van der Waals surface area contributed by atoms with Gasteiger partial charge >= 0.3 is 6.03 Å². The first-order chi connectivity index (χ1) is 6.07. The van der Waals surface area contributed by atoms with Gasteiger partial charge in [-0.05, 0) is 5.92 Å². The van der Waals surface area contributed by atoms with Crippen LogP contribution in [0.2, 0.25) is 0 Å². The molecule has 1 rings (SSSR count). The second-order valence-corrected chi connectivity index (χ2v) is 3.36. The number of nitrogens with zero attached hydrogens (tertiary/aromatic N) is 1. The quantitative estimate of drug-likeness (QED) is 0.612. The van der Waals surface area contributed by atoms with E-state index in [-0.39, 0.29) is 6.03 Å². The number of amides is 3. The Morgan fingerprint density at radius 3 is 2.38 bits per heavy atom. The van der Waals surface area contributed by atoms with Gasteiger partial charge in [-0.15, -0.1) is 0 Å². The number of rotatable bonds is 2. The minimum absolute atomic E-state index is 0.248. The van der Waals surface area contributed by atoms with Crippen molar-refractivity contribution < 1.29 is 9.59 Å². The Kier molecular flexibility index (Phi) is 5.67. The maximum Gasteiger partial charge on any atom is 0.336 e. The first kappa shape index (κ1) is 11.7. The highest BCUT2D eigenvalue weighted by molar-refractivity contribution is 5.76. The highest BCUT2D eigenvalue weighted by Gasteiger charge is 2.17. The molecule has 0 bridgehead atoms. The Hall–Kier alpha value is -1.26. The summed E-state index contributed by atoms with van der Waals surface area (Å²) >= 11 is 0. The van der Waals surface area contributed by atoms with Crippen LogP contribution in [0.3, 0.4) is 0 Å². The zero-order valence-corrected chi connectivity index (χ0v) is 8.33. The molecular formula is C8H17N3O2. The fourth-order valence-corrected chi connectivity index (χ4v) is 0.658. The fourth-order valence-electron chi connectivity index (χ4n) is 0.658. The van der Waals surface area contributed by atoms with Gasteiger partial charge in [0.05, 0.1) is 6.54 Å². The Morgan fingerprint density at radius 2 is 2.08 bits per heavy atom. The lowest BCUT2D eigenvalue weighted by Crippen LogP contribution is -2.39. The first-order valence-corrected chi connectivity index (χ1v) is 4.33. The van der Waals surface area contributed by atoms with Gasteiger partial charge in [-0.2, -0.15) is 0 Å². The van der Waals surface area contributed by atoms with Crippen molar-refractivity contribution in [1.82, 2.24) is 15.8 Å². The molecule has 1 saturated heterocycles. The molecule has 0 aromatic heterocycles. The Morgan fingerprint density at radius 1 is 1.54 bits per heavy atom. The minimum Gasteiger partial charge on any atom is -0.335 e. The van der Waals surface area contributed by atoms with Crippen molar-refractivity contribution in [3.05, 3.63) is 0 Å². The summed E-state index contributed by atoms with van der Waals surface area (Å²) in [5, 5.41) is 3.74. The summed E-state index contributed by atoms with van der Waals surface area (Å²) < 4.78 is 0. The Labute approximate surface area is 78.4 Å². The maximum atomic E-state index is 10.6. The molecule has 0 aliphatic carbocycles. The Balaban J connectivity index is 0.000000310. The first-order valence-electron chi connectivity index (χ1n) is 4.33. The topological polar surface area (TPSA) is 61.4 Å². The van der Waals surface area contributed by atoms with Crippen molar-refractivity contribution in [2.24, 2.45) is 5.92 Å². The van der Waals surface area contributed by atoms with Crippen LogP contribution < -0.4 is 10.7 Å². The summed E-state index contributed by atoms with van der Waals surface area (Å²) in [6.45, 7) is 7.64. The third-order valence-electron chi connectivity index (χ3n) is 1.07. The van der Waals surface area contributed by atoms with Crippen LogP contribution in [0.4, 0.5) is 4.79 Å². The smallest absolute Gasteiger partial charge is 0.335 e. The molecule has 0 aromatic rings. The SMILES string of the molecule is CC(C)C.O=CNN1CCNC1=O. The molecule has 5 nitrogen and oxygen atoms in total. The van der Waals surface area contributed by atoms with Gasteiger partial charge in [-0.25, -0.2) is 9.80 Å². The number of urea groups is 1. The van der Waals surface area contributed by atoms with Crippen LogP contribution in [0, 0.1) is 5.92 Å². The van der Waals surface area contributed by atoms with Crippen molar-refractivity contribution in [2.45, 2.75) is 20.8 Å². The molecule has 0 aromatic carbocycles. The molecule has 0 saturated carbocycles. The summed E-state index contributed by atoms with van der Waals surface area (Å²) in [5.41, 5.74) is 2.23. The predicted octanol–water partition coefficient (Wildman–Crippen LogP) is 0.335. The van der Waals surface area contributed by atoms with E-state index in [9.17, 15) is 9.59 Å². The molecule has 1 aliphatic rings. The zero-order valence-electron chi connectivity index (χ0n) is 8.33. The van der Waals surface area contributed by atoms with E-state index in [1.54, 1.807) is 0 Å². The van der Waals surface area contributed by atoms with Crippen molar-refractivity contribution in [1.29, 1.82) is 0 Å². The molecule has 13 heavy (non-hydrogen) atoms. The second kappa shape index (κ2) is 6.28. The van der Waals surface area contributed by atoms with Crippen LogP contribution in [0.15, 0.2) is 0 Å². The molecule has 1 aliphatic heterocycles. The highest BCUT2D eigenvalue weighted by atomic mass is 16.2. The highest BCUT2D eigenvalue weighted by Crippen LogP contribution is 1.88. The molecule has 1 fully saturated rings. The molecule has 3 amide bonds. The lowest BCUT2D eigenvalue weighted by Gasteiger charge is -2.09. The van der Waals surface area contributed by atoms with Gasteiger partial charge in [0, 0.05) is 6.54 Å². The molecule has 1 heterocycles. The van der Waals surface area contributed by atoms with E-state index in [1.165, 1.54) is 5.01 Å². The van der Waals surface area contributed by atoms with Gasteiger partial charge in [0.15, 0.2) is 0 Å². The molecule has 0 radical (unpaired) electrons. The third-order valence-corrected chi connectivity index (χ3v) is 1.07. The monoisotopic (exact) mass is 187 g/mol. The Bertz CT molecular complexity index is 168. The standard InChI is InChI=1S/C4H7N3O2.C4H10/c8-3-6-7-2-1-5-4(7)9;1-4(2)3/h3H,1-2H2,(H,5,9)(H,6,8);4H,1-3H3. The minimum atomic E-state index is -0.248. The molecule has 0 spiro atoms. The summed E-state index contributed by atoms with van der Waals surface area (Å²) in [4.78, 5) is 20.3. The predicted molar refractivity (Wildman–Crippen MR) is 49.8 cm³/mol. The lowest BCUT2D eigenvalue weighted by molar-refractivity contribution is -0.112. The van der Waals surface area contributed by atoms with Crippen molar-refractivity contribution in [3.63, 3.8) is 0 Å². The van der Waals surface area contributed by atoms with Gasteiger partial charge in [0.2, 0.25) is 6.41 Å². The maximum absolute atomic E-state index is 10.6. The molecule has 2 N–H and O–H groups in total. The summed E-state index contributed by atoms with van der Waals surface area (Å²) in [6.07, 6.45) is 0.477. The second-order valence-electron chi connectivity index (χ2n) is 3.36. The van der Waals surface area contributed by atoms with E-state index in [0.29, 0.717) is 19.5 Å². The van der Waals surface area contributed by atoms with Crippen molar-refractivity contribution >= 4 is 12.4 Å². The van der Waals surface area contributed by atoms with Crippen LogP contribution in [0.1, 0.15) is 20.8 Å². The third kappa shape index (κ3) is 5.95. The molecule has 76 valence electrons. The van der Waals surface area contributed by atoms with Crippen LogP contribution in [-0.2, 0) is 4.79 Å². The number of hydrazine groups is 1. The average Bonchev–Trinajstić information content (AvgIpc) is 2.36. The van der Waals surface area contributed by atoms with Gasteiger partial charge in [0.25, 0.3) is 0 Å². The fraction of sp³-hybridized carbons (Fsp3) is 0.750. The van der Waals surface area contributed by atoms with E-state index < -0.39 is 0 Å². The van der Waals surface area contributed by atoms with Crippen LogP contribution in [-0.4, -0.2) is 30.5 Å². The summed E-state index contributed by atoms with van der Waals surface area (Å²) in [7, 11) is 0. The van der Waals surface area contributed by atoms with Crippen molar-refractivity contribution in [2.75, 3.05) is 13.1 Å². The van der Waals surface area contributed by atoms with Gasteiger partial charge in [0.1, 0.15) is 0 Å². The summed E-state index contributed by atoms with van der Waals surface area (Å²) in [5.74, 6) is 0.833. The van der Waals surface area contributed by atoms with Crippen LogP contribution >= 0.6 is 0 Å². The number of carbonyl (C=O) groups excluding carboxylic acids is 2. The zero-order chi connectivity index (χ0) is 10.3. The number of carbonyl (C=O) groups is 2. The normalized spacial score (nSPS) is 14.8. The van der Waals surface area contributed by atoms with E-state index >= 15 is 0 Å². The molecular weight excluding hydrogens is 170 g/mol. The molecule has 5 heteroatoms. The van der Waals surface area contributed by atoms with Gasteiger partial charge in [-0.1, -0.05) is 20.8 Å². The average molecular weight is 187 g/mol. The largest absolute Gasteiger partial charge is 0.336 e. The van der Waals surface area contributed by atoms with Crippen LogP contribution in [0.25, 0.3) is 0 Å². The summed E-state index contributed by atoms with van der Waals surface area (Å²) in [6, 6.07) is -0.248. The van der Waals surface area contributed by atoms with Gasteiger partial charge in [-0.3, -0.25) is 10.2 Å². The van der Waals surface area contributed by atoms with Gasteiger partial charge < -0.3 is 5.32 Å². The number of nitrogens with one attached hydrogen (secondary N) is 2. The van der Waals surface area contributed by atoms with Crippen molar-refractivity contribution in [3.8, 4) is 0 Å². The number of hydrogen-bond donors (Lipinski definition) is 2.